The number of carbonyl (C=O) groups excluding carboxylic acids is 2. The van der Waals surface area contributed by atoms with Crippen molar-refractivity contribution in [2.75, 3.05) is 7.11 Å². The molecule has 0 unspecified atom stereocenters. The topological polar surface area (TPSA) is 146 Å². The Bertz CT molecular complexity index is 1980. The van der Waals surface area contributed by atoms with E-state index in [1.165, 1.54) is 16.8 Å². The van der Waals surface area contributed by atoms with Crippen molar-refractivity contribution in [2.45, 2.75) is 154 Å². The second-order valence-electron chi connectivity index (χ2n) is 19.1. The van der Waals surface area contributed by atoms with Gasteiger partial charge in [-0.3, -0.25) is 13.9 Å². The zero-order chi connectivity index (χ0) is 43.4. The molecular weight excluding hydrogens is 775 g/mol. The molecule has 5 atom stereocenters. The van der Waals surface area contributed by atoms with E-state index in [4.69, 9.17) is 27.8 Å². The van der Waals surface area contributed by atoms with Crippen molar-refractivity contribution >= 4 is 28.7 Å². The van der Waals surface area contributed by atoms with E-state index in [9.17, 15) is 19.2 Å². The van der Waals surface area contributed by atoms with Gasteiger partial charge in [-0.2, -0.15) is 0 Å². The molecule has 15 heteroatoms. The summed E-state index contributed by atoms with van der Waals surface area (Å²) in [5, 5.41) is 2.24. The number of aromatic nitrogens is 2. The zero-order valence-corrected chi connectivity index (χ0v) is 38.8. The zero-order valence-electron chi connectivity index (χ0n) is 36.8. The summed E-state index contributed by atoms with van der Waals surface area (Å²) in [6, 6.07) is 16.5. The van der Waals surface area contributed by atoms with Crippen LogP contribution in [0.1, 0.15) is 86.1 Å². The average Bonchev–Trinajstić information content (AvgIpc) is 3.42. The van der Waals surface area contributed by atoms with Gasteiger partial charge in [-0.15, -0.1) is 0 Å². The molecule has 0 radical (unpaired) electrons. The molecule has 0 aliphatic carbocycles. The van der Waals surface area contributed by atoms with E-state index in [2.05, 4.69) is 73.0 Å². The predicted octanol–water partition coefficient (Wildman–Crippen LogP) is 7.77. The Hall–Kier alpha value is -4.03. The Balaban J connectivity index is 1.84. The molecule has 0 bridgehead atoms. The molecule has 4 rings (SSSR count). The smallest absolute Gasteiger partial charge is 0.408 e. The number of benzene rings is 2. The first kappa shape index (κ1) is 46.7. The Morgan fingerprint density at radius 3 is 1.90 bits per heavy atom. The number of nitrogens with zero attached hydrogens (tertiary/aromatic N) is 2. The molecule has 1 fully saturated rings. The number of alkyl carbamates (subject to hydrolysis) is 1. The van der Waals surface area contributed by atoms with E-state index < -0.39 is 76.1 Å². The number of rotatable bonds is 14. The van der Waals surface area contributed by atoms with E-state index in [0.717, 1.165) is 15.7 Å². The van der Waals surface area contributed by atoms with Crippen molar-refractivity contribution in [3.05, 3.63) is 98.8 Å². The first-order valence-electron chi connectivity index (χ1n) is 19.9. The molecule has 2 aromatic carbocycles. The molecular formula is C43H65N3O10Si2. The monoisotopic (exact) mass is 839 g/mol. The van der Waals surface area contributed by atoms with Gasteiger partial charge in [-0.25, -0.2) is 14.4 Å². The maximum absolute atomic E-state index is 14.5. The van der Waals surface area contributed by atoms with Crippen LogP contribution in [0.3, 0.4) is 0 Å². The van der Waals surface area contributed by atoms with Crippen LogP contribution >= 0.6 is 0 Å². The normalized spacial score (nSPS) is 19.7. The maximum Gasteiger partial charge on any atom is 0.408 e. The summed E-state index contributed by atoms with van der Waals surface area (Å²) < 4.78 is 40.5. The quantitative estimate of drug-likeness (QED) is 0.126. The van der Waals surface area contributed by atoms with E-state index in [-0.39, 0.29) is 29.6 Å². The molecule has 1 amide bonds. The van der Waals surface area contributed by atoms with Gasteiger partial charge in [0.2, 0.25) is 0 Å². The third-order valence-electron chi connectivity index (χ3n) is 11.3. The van der Waals surface area contributed by atoms with Crippen LogP contribution < -0.4 is 21.3 Å². The number of carbonyl (C=O) groups is 2. The van der Waals surface area contributed by atoms with Crippen LogP contribution in [0.15, 0.2) is 76.4 Å². The molecule has 320 valence electrons. The third kappa shape index (κ3) is 11.8. The van der Waals surface area contributed by atoms with Gasteiger partial charge in [0.1, 0.15) is 36.2 Å². The summed E-state index contributed by atoms with van der Waals surface area (Å²) in [4.78, 5) is 55.1. The minimum atomic E-state index is -2.63. The summed E-state index contributed by atoms with van der Waals surface area (Å²) in [6.45, 7) is 26.4. The highest BCUT2D eigenvalue weighted by Crippen LogP contribution is 2.46. The molecule has 1 aromatic heterocycles. The van der Waals surface area contributed by atoms with Crippen LogP contribution in [-0.4, -0.2) is 74.9 Å². The summed E-state index contributed by atoms with van der Waals surface area (Å²) >= 11 is 0. The number of hydrogen-bond acceptors (Lipinski definition) is 10. The van der Waals surface area contributed by atoms with Crippen molar-refractivity contribution in [1.29, 1.82) is 0 Å². The minimum Gasteiger partial charge on any atom is -0.497 e. The SMILES string of the molecule is COc1ccc(Cn2c(=O)ccn([C@@H]3O[C@H](C[C@@H](NC(=O)OCc4ccccc4)C(=O)OC(C)(C)C)[C@@H](O[Si](C)(C)C(C)(C)C)[C@H]3O[Si](C)(C)C(C)(C)C)c2=O)cc1. The average molecular weight is 840 g/mol. The summed E-state index contributed by atoms with van der Waals surface area (Å²) in [5.74, 6) is -0.0386. The number of methoxy groups -OCH3 is 1. The van der Waals surface area contributed by atoms with Crippen LogP contribution in [-0.2, 0) is 41.0 Å². The van der Waals surface area contributed by atoms with E-state index in [1.54, 1.807) is 52.1 Å². The predicted molar refractivity (Wildman–Crippen MR) is 229 cm³/mol. The van der Waals surface area contributed by atoms with Crippen LogP contribution in [0, 0.1) is 0 Å². The lowest BCUT2D eigenvalue weighted by Gasteiger charge is -2.44. The van der Waals surface area contributed by atoms with Crippen LogP contribution in [0.4, 0.5) is 4.79 Å². The van der Waals surface area contributed by atoms with Gasteiger partial charge in [-0.1, -0.05) is 84.0 Å². The molecule has 1 aliphatic heterocycles. The van der Waals surface area contributed by atoms with Crippen LogP contribution in [0.25, 0.3) is 0 Å². The highest BCUT2D eigenvalue weighted by molar-refractivity contribution is 6.74. The highest BCUT2D eigenvalue weighted by Gasteiger charge is 2.55. The third-order valence-corrected chi connectivity index (χ3v) is 20.2. The Morgan fingerprint density at radius 2 is 1.36 bits per heavy atom. The van der Waals surface area contributed by atoms with Crippen molar-refractivity contribution < 1.29 is 37.4 Å². The van der Waals surface area contributed by atoms with Gasteiger partial charge in [0.25, 0.3) is 5.56 Å². The maximum atomic E-state index is 14.5. The van der Waals surface area contributed by atoms with Crippen LogP contribution in [0.5, 0.6) is 5.75 Å². The van der Waals surface area contributed by atoms with Crippen molar-refractivity contribution in [2.24, 2.45) is 0 Å². The molecule has 58 heavy (non-hydrogen) atoms. The van der Waals surface area contributed by atoms with Gasteiger partial charge in [0, 0.05) is 18.7 Å². The van der Waals surface area contributed by atoms with Gasteiger partial charge < -0.3 is 33.1 Å². The van der Waals surface area contributed by atoms with Gasteiger partial charge >= 0.3 is 17.8 Å². The fourth-order valence-corrected chi connectivity index (χ4v) is 8.54. The first-order valence-corrected chi connectivity index (χ1v) is 25.7. The number of hydrogen-bond donors (Lipinski definition) is 1. The second-order valence-corrected chi connectivity index (χ2v) is 28.6. The molecule has 1 aliphatic rings. The van der Waals surface area contributed by atoms with Crippen molar-refractivity contribution in [3.63, 3.8) is 0 Å². The fourth-order valence-electron chi connectivity index (χ4n) is 5.93. The van der Waals surface area contributed by atoms with E-state index in [0.29, 0.717) is 5.75 Å². The lowest BCUT2D eigenvalue weighted by atomic mass is 10.0. The lowest BCUT2D eigenvalue weighted by Crippen LogP contribution is -2.55. The standard InChI is InChI=1S/C43H65N3O10Si2/c1-41(2,3)54-38(48)32(44-39(49)52-28-30-18-16-15-17-19-30)26-33-35(55-57(11,12)42(4,5)6)36(56-58(13,14)43(7,8)9)37(53-33)45-25-24-34(47)46(40(45)50)27-29-20-22-31(51-10)23-21-29/h15-25,32-33,35-37H,26-28H2,1-14H3,(H,44,49)/t32-,33-,35-,36-,37-/m1/s1. The molecule has 0 saturated carbocycles. The summed E-state index contributed by atoms with van der Waals surface area (Å²) in [6.07, 6.45) is -3.11. The van der Waals surface area contributed by atoms with E-state index >= 15 is 0 Å². The number of esters is 1. The molecule has 0 spiro atoms. The molecule has 3 aromatic rings. The van der Waals surface area contributed by atoms with Crippen molar-refractivity contribution in [1.82, 2.24) is 14.5 Å². The Morgan fingerprint density at radius 1 is 0.793 bits per heavy atom. The summed E-state index contributed by atoms with van der Waals surface area (Å²) in [7, 11) is -3.69. The largest absolute Gasteiger partial charge is 0.497 e. The molecule has 1 N–H and O–H groups in total. The summed E-state index contributed by atoms with van der Waals surface area (Å²) in [5.41, 5.74) is -0.455. The molecule has 2 heterocycles. The Kier molecular flexibility index (Phi) is 14.5. The number of nitrogens with one attached hydrogen (secondary N) is 1. The lowest BCUT2D eigenvalue weighted by molar-refractivity contribution is -0.159. The van der Waals surface area contributed by atoms with Gasteiger partial charge in [-0.05, 0) is 80.3 Å². The number of amides is 1. The fraction of sp³-hybridized carbons (Fsp3) is 0.581. The van der Waals surface area contributed by atoms with E-state index in [1.807, 2.05) is 30.3 Å². The number of ether oxygens (including phenoxy) is 4. The highest BCUT2D eigenvalue weighted by atomic mass is 28.4. The van der Waals surface area contributed by atoms with Crippen LogP contribution in [0.2, 0.25) is 36.3 Å². The molecule has 13 nitrogen and oxygen atoms in total. The van der Waals surface area contributed by atoms with Gasteiger partial charge in [0.05, 0.1) is 19.8 Å². The molecule has 1 saturated heterocycles. The van der Waals surface area contributed by atoms with Crippen molar-refractivity contribution in [3.8, 4) is 5.75 Å². The second kappa shape index (κ2) is 18.1. The van der Waals surface area contributed by atoms with Gasteiger partial charge in [0.15, 0.2) is 22.9 Å². The first-order chi connectivity index (χ1) is 26.7. The minimum absolute atomic E-state index is 0.00599. The Labute approximate surface area is 345 Å².